The maximum absolute atomic E-state index is 4.72. The summed E-state index contributed by atoms with van der Waals surface area (Å²) < 4.78 is 1.85. The summed E-state index contributed by atoms with van der Waals surface area (Å²) in [5.41, 5.74) is 4.32. The molecule has 2 aromatic heterocycles. The summed E-state index contributed by atoms with van der Waals surface area (Å²) in [5, 5.41) is 4.72. The van der Waals surface area contributed by atoms with Crippen LogP contribution in [-0.4, -0.2) is 37.7 Å². The lowest BCUT2D eigenvalue weighted by atomic mass is 9.94. The molecule has 118 valence electrons. The van der Waals surface area contributed by atoms with E-state index in [2.05, 4.69) is 45.2 Å². The van der Waals surface area contributed by atoms with Crippen molar-refractivity contribution in [1.82, 2.24) is 24.6 Å². The highest BCUT2D eigenvalue weighted by atomic mass is 15.3. The number of rotatable bonds is 3. The van der Waals surface area contributed by atoms with Crippen molar-refractivity contribution < 1.29 is 0 Å². The average molecular weight is 307 g/mol. The molecule has 0 spiro atoms. The molecular weight excluding hydrogens is 286 g/mol. The van der Waals surface area contributed by atoms with Crippen molar-refractivity contribution in [3.63, 3.8) is 0 Å². The third-order valence-corrected chi connectivity index (χ3v) is 4.63. The maximum atomic E-state index is 4.72. The number of aromatic nitrogens is 4. The lowest BCUT2D eigenvalue weighted by Gasteiger charge is -2.32. The van der Waals surface area contributed by atoms with Gasteiger partial charge in [0.15, 0.2) is 5.65 Å². The van der Waals surface area contributed by atoms with Crippen molar-refractivity contribution in [3.05, 3.63) is 54.0 Å². The van der Waals surface area contributed by atoms with Crippen molar-refractivity contribution >= 4 is 11.2 Å². The number of fused-ring (bicyclic) bond motifs is 1. The van der Waals surface area contributed by atoms with Crippen LogP contribution < -0.4 is 0 Å². The topological polar surface area (TPSA) is 46.8 Å². The zero-order chi connectivity index (χ0) is 15.6. The number of benzene rings is 1. The Bertz CT molecular complexity index is 796. The van der Waals surface area contributed by atoms with Crippen LogP contribution >= 0.6 is 0 Å². The Morgan fingerprint density at radius 3 is 2.83 bits per heavy atom. The van der Waals surface area contributed by atoms with E-state index in [1.165, 1.54) is 18.4 Å². The third-order valence-electron chi connectivity index (χ3n) is 4.63. The van der Waals surface area contributed by atoms with Gasteiger partial charge in [-0.05, 0) is 24.9 Å². The van der Waals surface area contributed by atoms with Crippen LogP contribution in [0, 0.1) is 0 Å². The van der Waals surface area contributed by atoms with Crippen LogP contribution in [0.5, 0.6) is 0 Å². The Morgan fingerprint density at radius 1 is 1.13 bits per heavy atom. The second-order valence-corrected chi connectivity index (χ2v) is 6.30. The fraction of sp³-hybridized carbons (Fsp3) is 0.389. The number of likely N-dealkylation sites (tertiary alicyclic amines) is 1. The molecule has 3 heterocycles. The molecule has 4 rings (SSSR count). The van der Waals surface area contributed by atoms with Gasteiger partial charge >= 0.3 is 0 Å². The number of nitrogens with zero attached hydrogens (tertiary/aromatic N) is 5. The van der Waals surface area contributed by atoms with Gasteiger partial charge in [0, 0.05) is 38.4 Å². The standard InChI is InChI=1S/C18H21N5/c1-22-18-17(19-9-10-20-18)16(21-22)15-8-5-11-23(13-15)12-14-6-3-2-4-7-14/h2-4,6-7,9-10,15H,5,8,11-13H2,1H3/t15-/m0/s1. The molecule has 0 amide bonds. The predicted octanol–water partition coefficient (Wildman–Crippen LogP) is 2.74. The second-order valence-electron chi connectivity index (χ2n) is 6.30. The van der Waals surface area contributed by atoms with Crippen molar-refractivity contribution in [2.24, 2.45) is 7.05 Å². The van der Waals surface area contributed by atoms with E-state index in [0.717, 1.165) is 36.5 Å². The van der Waals surface area contributed by atoms with Crippen LogP contribution in [-0.2, 0) is 13.6 Å². The molecule has 1 fully saturated rings. The largest absolute Gasteiger partial charge is 0.298 e. The fourth-order valence-corrected chi connectivity index (χ4v) is 3.54. The van der Waals surface area contributed by atoms with Crippen LogP contribution in [0.4, 0.5) is 0 Å². The number of aryl methyl sites for hydroxylation is 1. The minimum absolute atomic E-state index is 0.438. The van der Waals surface area contributed by atoms with Gasteiger partial charge in [-0.25, -0.2) is 14.6 Å². The summed E-state index contributed by atoms with van der Waals surface area (Å²) in [6.45, 7) is 3.20. The Balaban J connectivity index is 1.57. The molecule has 23 heavy (non-hydrogen) atoms. The molecule has 0 radical (unpaired) electrons. The Labute approximate surface area is 136 Å². The lowest BCUT2D eigenvalue weighted by Crippen LogP contribution is -2.34. The van der Waals surface area contributed by atoms with Crippen LogP contribution in [0.3, 0.4) is 0 Å². The SMILES string of the molecule is Cn1nc([C@H]2CCCN(Cc3ccccc3)C2)c2nccnc21. The lowest BCUT2D eigenvalue weighted by molar-refractivity contribution is 0.198. The normalized spacial score (nSPS) is 19.3. The van der Waals surface area contributed by atoms with E-state index in [0.29, 0.717) is 5.92 Å². The first-order valence-corrected chi connectivity index (χ1v) is 8.21. The molecule has 0 bridgehead atoms. The van der Waals surface area contributed by atoms with Crippen LogP contribution in [0.2, 0.25) is 0 Å². The summed E-state index contributed by atoms with van der Waals surface area (Å²) in [5.74, 6) is 0.438. The van der Waals surface area contributed by atoms with E-state index < -0.39 is 0 Å². The summed E-state index contributed by atoms with van der Waals surface area (Å²) in [4.78, 5) is 11.5. The molecule has 5 nitrogen and oxygen atoms in total. The molecule has 0 unspecified atom stereocenters. The molecule has 0 N–H and O–H groups in total. The van der Waals surface area contributed by atoms with Gasteiger partial charge in [0.2, 0.25) is 0 Å². The zero-order valence-corrected chi connectivity index (χ0v) is 13.4. The summed E-state index contributed by atoms with van der Waals surface area (Å²) >= 11 is 0. The summed E-state index contributed by atoms with van der Waals surface area (Å²) in [7, 11) is 1.95. The highest BCUT2D eigenvalue weighted by Crippen LogP contribution is 2.30. The van der Waals surface area contributed by atoms with E-state index in [-0.39, 0.29) is 0 Å². The molecule has 1 saturated heterocycles. The van der Waals surface area contributed by atoms with Gasteiger partial charge in [-0.1, -0.05) is 30.3 Å². The second kappa shape index (κ2) is 6.08. The highest BCUT2D eigenvalue weighted by Gasteiger charge is 2.26. The molecule has 0 aliphatic carbocycles. The van der Waals surface area contributed by atoms with Crippen LogP contribution in [0.25, 0.3) is 11.2 Å². The minimum Gasteiger partial charge on any atom is -0.298 e. The first-order chi connectivity index (χ1) is 11.3. The van der Waals surface area contributed by atoms with Crippen LogP contribution in [0.15, 0.2) is 42.7 Å². The highest BCUT2D eigenvalue weighted by molar-refractivity contribution is 5.73. The summed E-state index contributed by atoms with van der Waals surface area (Å²) in [6.07, 6.45) is 5.87. The molecule has 3 aromatic rings. The minimum atomic E-state index is 0.438. The van der Waals surface area contributed by atoms with Crippen molar-refractivity contribution in [2.45, 2.75) is 25.3 Å². The Kier molecular flexibility index (Phi) is 3.79. The molecule has 0 saturated carbocycles. The average Bonchev–Trinajstić information content (AvgIpc) is 2.94. The van der Waals surface area contributed by atoms with Gasteiger partial charge in [-0.2, -0.15) is 5.10 Å². The van der Waals surface area contributed by atoms with Gasteiger partial charge in [-0.15, -0.1) is 0 Å². The van der Waals surface area contributed by atoms with E-state index >= 15 is 0 Å². The van der Waals surface area contributed by atoms with Gasteiger partial charge in [0.25, 0.3) is 0 Å². The number of hydrogen-bond acceptors (Lipinski definition) is 4. The molecule has 1 aliphatic heterocycles. The van der Waals surface area contributed by atoms with Gasteiger partial charge < -0.3 is 0 Å². The van der Waals surface area contributed by atoms with Crippen LogP contribution in [0.1, 0.15) is 30.0 Å². The van der Waals surface area contributed by atoms with E-state index in [1.807, 2.05) is 11.7 Å². The Morgan fingerprint density at radius 2 is 1.96 bits per heavy atom. The summed E-state index contributed by atoms with van der Waals surface area (Å²) in [6, 6.07) is 10.7. The van der Waals surface area contributed by atoms with Crippen molar-refractivity contribution in [1.29, 1.82) is 0 Å². The monoisotopic (exact) mass is 307 g/mol. The predicted molar refractivity (Wildman–Crippen MR) is 90.0 cm³/mol. The van der Waals surface area contributed by atoms with Crippen molar-refractivity contribution in [3.8, 4) is 0 Å². The first kappa shape index (κ1) is 14.3. The smallest absolute Gasteiger partial charge is 0.176 e. The van der Waals surface area contributed by atoms with E-state index in [4.69, 9.17) is 5.10 Å². The van der Waals surface area contributed by atoms with Gasteiger partial charge in [0.1, 0.15) is 5.52 Å². The van der Waals surface area contributed by atoms with E-state index in [1.54, 1.807) is 12.4 Å². The molecular formula is C18H21N5. The van der Waals surface area contributed by atoms with Gasteiger partial charge in [-0.3, -0.25) is 4.90 Å². The maximum Gasteiger partial charge on any atom is 0.176 e. The van der Waals surface area contributed by atoms with E-state index in [9.17, 15) is 0 Å². The Hall–Kier alpha value is -2.27. The van der Waals surface area contributed by atoms with Gasteiger partial charge in [0.05, 0.1) is 5.69 Å². The number of hydrogen-bond donors (Lipinski definition) is 0. The fourth-order valence-electron chi connectivity index (χ4n) is 3.54. The quantitative estimate of drug-likeness (QED) is 0.746. The van der Waals surface area contributed by atoms with Crippen molar-refractivity contribution in [2.75, 3.05) is 13.1 Å². The molecule has 5 heteroatoms. The molecule has 1 atom stereocenters. The molecule has 1 aromatic carbocycles. The molecule has 1 aliphatic rings. The third kappa shape index (κ3) is 2.84. The first-order valence-electron chi connectivity index (χ1n) is 8.21. The number of piperidine rings is 1. The zero-order valence-electron chi connectivity index (χ0n) is 13.4.